The molecule has 0 radical (unpaired) electrons. The summed E-state index contributed by atoms with van der Waals surface area (Å²) < 4.78 is 28.4. The van der Waals surface area contributed by atoms with Crippen molar-refractivity contribution in [3.05, 3.63) is 64.2 Å². The summed E-state index contributed by atoms with van der Waals surface area (Å²) in [5.74, 6) is 0. The van der Waals surface area contributed by atoms with Gasteiger partial charge in [-0.2, -0.15) is 0 Å². The van der Waals surface area contributed by atoms with Crippen LogP contribution < -0.4 is 9.62 Å². The molecule has 2 aromatic rings. The first-order valence-corrected chi connectivity index (χ1v) is 11.6. The van der Waals surface area contributed by atoms with E-state index in [2.05, 4.69) is 21.6 Å². The third-order valence-electron chi connectivity index (χ3n) is 5.58. The van der Waals surface area contributed by atoms with Crippen LogP contribution in [0, 0.1) is 10.1 Å². The van der Waals surface area contributed by atoms with Crippen molar-refractivity contribution in [2.24, 2.45) is 0 Å². The quantitative estimate of drug-likeness (QED) is 0.488. The lowest BCUT2D eigenvalue weighted by atomic mass is 10.0. The van der Waals surface area contributed by atoms with Crippen LogP contribution in [0.4, 0.5) is 11.4 Å². The summed E-state index contributed by atoms with van der Waals surface area (Å²) in [7, 11) is 2.13. The van der Waals surface area contributed by atoms with Crippen molar-refractivity contribution in [2.75, 3.05) is 58.8 Å². The standard InChI is InChI=1S/C21H29N5O4S/c1-23(2)18-9-7-17(8-10-18)21(25-13-11-24(3)12-14-25)16-22-31(29,30)20-6-4-5-19(15-20)26(27)28/h4-10,15,21-22H,11-14,16H2,1-3H3/t21-/m0/s1. The number of piperazine rings is 1. The molecule has 0 aliphatic carbocycles. The van der Waals surface area contributed by atoms with Crippen LogP contribution in [0.15, 0.2) is 53.4 Å². The number of anilines is 1. The van der Waals surface area contributed by atoms with Gasteiger partial charge in [0.1, 0.15) is 0 Å². The highest BCUT2D eigenvalue weighted by Gasteiger charge is 2.26. The molecule has 168 valence electrons. The number of sulfonamides is 1. The van der Waals surface area contributed by atoms with Gasteiger partial charge in [-0.3, -0.25) is 15.0 Å². The van der Waals surface area contributed by atoms with E-state index in [4.69, 9.17) is 0 Å². The number of nitrogens with zero attached hydrogens (tertiary/aromatic N) is 4. The van der Waals surface area contributed by atoms with E-state index >= 15 is 0 Å². The van der Waals surface area contributed by atoms with Gasteiger partial charge in [-0.25, -0.2) is 13.1 Å². The minimum atomic E-state index is -3.89. The van der Waals surface area contributed by atoms with Gasteiger partial charge in [0.05, 0.1) is 9.82 Å². The third kappa shape index (κ3) is 5.79. The first kappa shape index (κ1) is 23.1. The molecular formula is C21H29N5O4S. The number of benzene rings is 2. The van der Waals surface area contributed by atoms with Gasteiger partial charge < -0.3 is 9.80 Å². The molecule has 0 spiro atoms. The SMILES string of the molecule is CN1CCN([C@@H](CNS(=O)(=O)c2cccc([N+](=O)[O-])c2)c2ccc(N(C)C)cc2)CC1. The fraction of sp³-hybridized carbons (Fsp3) is 0.429. The van der Waals surface area contributed by atoms with E-state index in [0.29, 0.717) is 0 Å². The Morgan fingerprint density at radius 1 is 1.10 bits per heavy atom. The van der Waals surface area contributed by atoms with E-state index in [0.717, 1.165) is 43.5 Å². The Morgan fingerprint density at radius 2 is 1.74 bits per heavy atom. The molecule has 31 heavy (non-hydrogen) atoms. The zero-order valence-electron chi connectivity index (χ0n) is 18.1. The number of non-ortho nitro benzene ring substituents is 1. The summed E-state index contributed by atoms with van der Waals surface area (Å²) >= 11 is 0. The molecule has 1 heterocycles. The molecule has 9 nitrogen and oxygen atoms in total. The summed E-state index contributed by atoms with van der Waals surface area (Å²) in [6.45, 7) is 3.65. The van der Waals surface area contributed by atoms with E-state index in [1.807, 2.05) is 43.3 Å². The van der Waals surface area contributed by atoms with E-state index in [1.165, 1.54) is 18.2 Å². The Balaban J connectivity index is 1.82. The number of rotatable bonds is 8. The lowest BCUT2D eigenvalue weighted by Gasteiger charge is -2.38. The largest absolute Gasteiger partial charge is 0.378 e. The lowest BCUT2D eigenvalue weighted by molar-refractivity contribution is -0.385. The van der Waals surface area contributed by atoms with Gasteiger partial charge >= 0.3 is 0 Å². The van der Waals surface area contributed by atoms with Crippen molar-refractivity contribution in [3.8, 4) is 0 Å². The van der Waals surface area contributed by atoms with Gasteiger partial charge in [0.25, 0.3) is 5.69 Å². The number of hydrogen-bond acceptors (Lipinski definition) is 7. The molecule has 0 saturated carbocycles. The molecule has 1 saturated heterocycles. The number of likely N-dealkylation sites (N-methyl/N-ethyl adjacent to an activating group) is 1. The first-order chi connectivity index (χ1) is 14.7. The van der Waals surface area contributed by atoms with E-state index in [1.54, 1.807) is 0 Å². The fourth-order valence-corrected chi connectivity index (χ4v) is 4.70. The van der Waals surface area contributed by atoms with Crippen molar-refractivity contribution in [3.63, 3.8) is 0 Å². The molecule has 1 fully saturated rings. The van der Waals surface area contributed by atoms with Gasteiger partial charge in [0.15, 0.2) is 0 Å². The van der Waals surface area contributed by atoms with Gasteiger partial charge in [-0.15, -0.1) is 0 Å². The Kier molecular flexibility index (Phi) is 7.26. The van der Waals surface area contributed by atoms with Gasteiger partial charge in [0, 0.05) is 70.7 Å². The zero-order chi connectivity index (χ0) is 22.6. The average molecular weight is 448 g/mol. The normalized spacial score (nSPS) is 16.7. The summed E-state index contributed by atoms with van der Waals surface area (Å²) in [4.78, 5) is 16.8. The van der Waals surface area contributed by atoms with Crippen LogP contribution in [0.5, 0.6) is 0 Å². The summed E-state index contributed by atoms with van der Waals surface area (Å²) in [6.07, 6.45) is 0. The fourth-order valence-electron chi connectivity index (χ4n) is 3.62. The van der Waals surface area contributed by atoms with Crippen LogP contribution in [-0.2, 0) is 10.0 Å². The van der Waals surface area contributed by atoms with Gasteiger partial charge in [-0.05, 0) is 30.8 Å². The monoisotopic (exact) mass is 447 g/mol. The maximum Gasteiger partial charge on any atom is 0.270 e. The van der Waals surface area contributed by atoms with Crippen LogP contribution >= 0.6 is 0 Å². The van der Waals surface area contributed by atoms with Crippen molar-refractivity contribution < 1.29 is 13.3 Å². The Hall–Kier alpha value is -2.53. The molecule has 1 N–H and O–H groups in total. The zero-order valence-corrected chi connectivity index (χ0v) is 18.9. The highest BCUT2D eigenvalue weighted by atomic mass is 32.2. The predicted octanol–water partition coefficient (Wildman–Crippen LogP) is 1.93. The van der Waals surface area contributed by atoms with Crippen LogP contribution in [0.3, 0.4) is 0 Å². The molecule has 1 atom stereocenters. The summed E-state index contributed by atoms with van der Waals surface area (Å²) in [6, 6.07) is 13.1. The van der Waals surface area contributed by atoms with E-state index in [-0.39, 0.29) is 23.2 Å². The summed E-state index contributed by atoms with van der Waals surface area (Å²) in [5.41, 5.74) is 1.84. The minimum absolute atomic E-state index is 0.109. The Morgan fingerprint density at radius 3 is 2.32 bits per heavy atom. The Labute approximate surface area is 183 Å². The molecule has 0 bridgehead atoms. The second-order valence-electron chi connectivity index (χ2n) is 7.95. The molecule has 0 unspecified atom stereocenters. The van der Waals surface area contributed by atoms with Gasteiger partial charge in [-0.1, -0.05) is 18.2 Å². The molecule has 1 aliphatic rings. The topological polar surface area (TPSA) is 99.0 Å². The predicted molar refractivity (Wildman–Crippen MR) is 121 cm³/mol. The van der Waals surface area contributed by atoms with Crippen molar-refractivity contribution >= 4 is 21.4 Å². The molecule has 3 rings (SSSR count). The number of nitro benzene ring substituents is 1. The van der Waals surface area contributed by atoms with E-state index < -0.39 is 14.9 Å². The number of nitrogens with one attached hydrogen (secondary N) is 1. The lowest BCUT2D eigenvalue weighted by Crippen LogP contribution is -2.48. The first-order valence-electron chi connectivity index (χ1n) is 10.1. The number of hydrogen-bond donors (Lipinski definition) is 1. The van der Waals surface area contributed by atoms with Crippen LogP contribution in [0.1, 0.15) is 11.6 Å². The highest BCUT2D eigenvalue weighted by Crippen LogP contribution is 2.25. The molecule has 2 aromatic carbocycles. The maximum absolute atomic E-state index is 12.9. The van der Waals surface area contributed by atoms with Crippen LogP contribution in [0.2, 0.25) is 0 Å². The van der Waals surface area contributed by atoms with Gasteiger partial charge in [0.2, 0.25) is 10.0 Å². The average Bonchev–Trinajstić information content (AvgIpc) is 2.75. The smallest absolute Gasteiger partial charge is 0.270 e. The molecular weight excluding hydrogens is 418 g/mol. The van der Waals surface area contributed by atoms with Crippen molar-refractivity contribution in [1.82, 2.24) is 14.5 Å². The van der Waals surface area contributed by atoms with Crippen molar-refractivity contribution in [2.45, 2.75) is 10.9 Å². The molecule has 0 aromatic heterocycles. The molecule has 1 aliphatic heterocycles. The van der Waals surface area contributed by atoms with E-state index in [9.17, 15) is 18.5 Å². The highest BCUT2D eigenvalue weighted by molar-refractivity contribution is 7.89. The maximum atomic E-state index is 12.9. The molecule has 10 heteroatoms. The second kappa shape index (κ2) is 9.73. The second-order valence-corrected chi connectivity index (χ2v) is 9.71. The van der Waals surface area contributed by atoms with Crippen molar-refractivity contribution in [1.29, 1.82) is 0 Å². The summed E-state index contributed by atoms with van der Waals surface area (Å²) in [5, 5.41) is 11.0. The van der Waals surface area contributed by atoms with Crippen LogP contribution in [0.25, 0.3) is 0 Å². The van der Waals surface area contributed by atoms with Crippen LogP contribution in [-0.4, -0.2) is 77.0 Å². The third-order valence-corrected chi connectivity index (χ3v) is 7.00. The number of nitro groups is 1. The Bertz CT molecular complexity index is 1000. The molecule has 0 amide bonds. The minimum Gasteiger partial charge on any atom is -0.378 e.